The third kappa shape index (κ3) is 3.25. The number of sulfone groups is 1. The minimum atomic E-state index is -2.94. The number of halogens is 1. The van der Waals surface area contributed by atoms with Gasteiger partial charge in [-0.25, -0.2) is 17.6 Å². The van der Waals surface area contributed by atoms with Crippen LogP contribution in [0.5, 0.6) is 0 Å². The molecular formula is C8H13FO4S. The lowest BCUT2D eigenvalue weighted by molar-refractivity contribution is -0.143. The van der Waals surface area contributed by atoms with E-state index in [1.54, 1.807) is 0 Å². The van der Waals surface area contributed by atoms with E-state index in [-0.39, 0.29) is 23.8 Å². The summed E-state index contributed by atoms with van der Waals surface area (Å²) in [5, 5.41) is 8.32. The van der Waals surface area contributed by atoms with Crippen LogP contribution in [0.15, 0.2) is 0 Å². The zero-order chi connectivity index (χ0) is 10.8. The van der Waals surface area contributed by atoms with Crippen LogP contribution in [0.1, 0.15) is 19.3 Å². The summed E-state index contributed by atoms with van der Waals surface area (Å²) in [7, 11) is -2.94. The number of hydrogen-bond donors (Lipinski definition) is 1. The van der Waals surface area contributed by atoms with Crippen molar-refractivity contribution in [3.63, 3.8) is 0 Å². The second-order valence-corrected chi connectivity index (χ2v) is 5.94. The average molecular weight is 224 g/mol. The Morgan fingerprint density at radius 2 is 1.93 bits per heavy atom. The van der Waals surface area contributed by atoms with E-state index in [0.29, 0.717) is 12.8 Å². The summed E-state index contributed by atoms with van der Waals surface area (Å²) in [5.74, 6) is -1.45. The summed E-state index contributed by atoms with van der Waals surface area (Å²) in [6.45, 7) is 0. The molecule has 1 atom stereocenters. The first-order valence-corrected chi connectivity index (χ1v) is 6.30. The topological polar surface area (TPSA) is 71.4 Å². The Hall–Kier alpha value is -0.650. The number of alkyl halides is 1. The van der Waals surface area contributed by atoms with E-state index >= 15 is 0 Å². The van der Waals surface area contributed by atoms with Gasteiger partial charge in [-0.2, -0.15) is 0 Å². The summed E-state index contributed by atoms with van der Waals surface area (Å²) in [5.41, 5.74) is 0. The molecule has 0 aromatic heterocycles. The number of aliphatic carboxylic acids is 1. The molecule has 0 spiro atoms. The van der Waals surface area contributed by atoms with Gasteiger partial charge in [0.05, 0.1) is 11.5 Å². The molecule has 6 heteroatoms. The van der Waals surface area contributed by atoms with Gasteiger partial charge in [-0.15, -0.1) is 0 Å². The molecule has 1 unspecified atom stereocenters. The highest BCUT2D eigenvalue weighted by atomic mass is 32.2. The van der Waals surface area contributed by atoms with Crippen molar-refractivity contribution in [2.45, 2.75) is 25.4 Å². The van der Waals surface area contributed by atoms with Gasteiger partial charge in [0.1, 0.15) is 9.84 Å². The molecule has 4 nitrogen and oxygen atoms in total. The van der Waals surface area contributed by atoms with Crippen molar-refractivity contribution in [1.82, 2.24) is 0 Å². The Kier molecular flexibility index (Phi) is 3.47. The van der Waals surface area contributed by atoms with Gasteiger partial charge in [0.15, 0.2) is 6.17 Å². The molecule has 0 aliphatic carbocycles. The highest BCUT2D eigenvalue weighted by Gasteiger charge is 2.28. The Bertz CT molecular complexity index is 297. The fourth-order valence-electron chi connectivity index (χ4n) is 1.57. The van der Waals surface area contributed by atoms with E-state index in [1.807, 2.05) is 0 Å². The van der Waals surface area contributed by atoms with Gasteiger partial charge in [0, 0.05) is 0 Å². The molecule has 0 amide bonds. The average Bonchev–Trinajstić information content (AvgIpc) is 2.08. The van der Waals surface area contributed by atoms with Crippen molar-refractivity contribution in [3.8, 4) is 0 Å². The fraction of sp³-hybridized carbons (Fsp3) is 0.875. The summed E-state index contributed by atoms with van der Waals surface area (Å²) in [4.78, 5) is 10.2. The number of carboxylic acid groups (broad SMARTS) is 1. The molecule has 1 fully saturated rings. The molecule has 1 saturated heterocycles. The Morgan fingerprint density at radius 1 is 1.43 bits per heavy atom. The lowest BCUT2D eigenvalue weighted by Crippen LogP contribution is -2.27. The van der Waals surface area contributed by atoms with Gasteiger partial charge in [-0.05, 0) is 25.2 Å². The van der Waals surface area contributed by atoms with E-state index in [9.17, 15) is 17.6 Å². The maximum atomic E-state index is 12.8. The van der Waals surface area contributed by atoms with Crippen molar-refractivity contribution in [2.75, 3.05) is 11.5 Å². The summed E-state index contributed by atoms with van der Waals surface area (Å²) < 4.78 is 34.8. The number of carbonyl (C=O) groups is 1. The molecular weight excluding hydrogens is 211 g/mol. The largest absolute Gasteiger partial charge is 0.479 e. The van der Waals surface area contributed by atoms with Crippen molar-refractivity contribution in [1.29, 1.82) is 0 Å². The molecule has 0 aromatic carbocycles. The first kappa shape index (κ1) is 11.4. The minimum absolute atomic E-state index is 0.0595. The van der Waals surface area contributed by atoms with Crippen molar-refractivity contribution < 1.29 is 22.7 Å². The Labute approximate surface area is 82.0 Å². The molecule has 1 heterocycles. The van der Waals surface area contributed by atoms with E-state index in [1.165, 1.54) is 0 Å². The van der Waals surface area contributed by atoms with Crippen LogP contribution in [0.25, 0.3) is 0 Å². The lowest BCUT2D eigenvalue weighted by atomic mass is 9.96. The summed E-state index contributed by atoms with van der Waals surface area (Å²) >= 11 is 0. The second kappa shape index (κ2) is 4.25. The molecule has 0 aromatic rings. The quantitative estimate of drug-likeness (QED) is 0.763. The highest BCUT2D eigenvalue weighted by molar-refractivity contribution is 7.91. The number of carboxylic acids is 1. The number of rotatable bonds is 3. The molecule has 1 aliphatic rings. The molecule has 14 heavy (non-hydrogen) atoms. The van der Waals surface area contributed by atoms with Crippen LogP contribution >= 0.6 is 0 Å². The van der Waals surface area contributed by atoms with E-state index in [2.05, 4.69) is 0 Å². The standard InChI is InChI=1S/C8H13FO4S/c9-7(8(10)11)5-6-1-3-14(12,13)4-2-6/h6-7H,1-5H2,(H,10,11). The van der Waals surface area contributed by atoms with Gasteiger partial charge in [0.25, 0.3) is 0 Å². The molecule has 0 bridgehead atoms. The summed E-state index contributed by atoms with van der Waals surface area (Å²) in [6, 6.07) is 0. The highest BCUT2D eigenvalue weighted by Crippen LogP contribution is 2.24. The predicted molar refractivity (Wildman–Crippen MR) is 48.5 cm³/mol. The molecule has 1 N–H and O–H groups in total. The van der Waals surface area contributed by atoms with E-state index in [4.69, 9.17) is 5.11 Å². The number of hydrogen-bond acceptors (Lipinski definition) is 3. The molecule has 0 radical (unpaired) electrons. The molecule has 1 rings (SSSR count). The maximum Gasteiger partial charge on any atom is 0.338 e. The van der Waals surface area contributed by atoms with E-state index in [0.717, 1.165) is 0 Å². The Balaban J connectivity index is 2.40. The first-order chi connectivity index (χ1) is 6.41. The van der Waals surface area contributed by atoms with Crippen LogP contribution in [0, 0.1) is 5.92 Å². The third-order valence-electron chi connectivity index (χ3n) is 2.48. The maximum absolute atomic E-state index is 12.8. The summed E-state index contributed by atoms with van der Waals surface area (Å²) in [6.07, 6.45) is -1.16. The zero-order valence-electron chi connectivity index (χ0n) is 7.65. The smallest absolute Gasteiger partial charge is 0.338 e. The predicted octanol–water partition coefficient (Wildman–Crippen LogP) is 0.624. The molecule has 1 aliphatic heterocycles. The van der Waals surface area contributed by atoms with Crippen LogP contribution in [0.2, 0.25) is 0 Å². The van der Waals surface area contributed by atoms with Crippen molar-refractivity contribution in [2.24, 2.45) is 5.92 Å². The van der Waals surface area contributed by atoms with Gasteiger partial charge in [-0.3, -0.25) is 0 Å². The van der Waals surface area contributed by atoms with Gasteiger partial charge in [0.2, 0.25) is 0 Å². The van der Waals surface area contributed by atoms with Crippen LogP contribution < -0.4 is 0 Å². The first-order valence-electron chi connectivity index (χ1n) is 4.48. The zero-order valence-corrected chi connectivity index (χ0v) is 8.46. The van der Waals surface area contributed by atoms with Crippen LogP contribution in [0.3, 0.4) is 0 Å². The monoisotopic (exact) mass is 224 g/mol. The molecule has 0 saturated carbocycles. The van der Waals surface area contributed by atoms with Crippen molar-refractivity contribution in [3.05, 3.63) is 0 Å². The fourth-order valence-corrected chi connectivity index (χ4v) is 3.16. The van der Waals surface area contributed by atoms with Gasteiger partial charge < -0.3 is 5.11 Å². The lowest BCUT2D eigenvalue weighted by Gasteiger charge is -2.21. The second-order valence-electron chi connectivity index (χ2n) is 3.64. The van der Waals surface area contributed by atoms with Gasteiger partial charge in [-0.1, -0.05) is 0 Å². The Morgan fingerprint density at radius 3 is 2.36 bits per heavy atom. The SMILES string of the molecule is O=C(O)C(F)CC1CCS(=O)(=O)CC1. The molecule has 82 valence electrons. The third-order valence-corrected chi connectivity index (χ3v) is 4.20. The van der Waals surface area contributed by atoms with Gasteiger partial charge >= 0.3 is 5.97 Å². The van der Waals surface area contributed by atoms with Crippen LogP contribution in [-0.4, -0.2) is 37.2 Å². The van der Waals surface area contributed by atoms with Crippen LogP contribution in [-0.2, 0) is 14.6 Å². The van der Waals surface area contributed by atoms with E-state index < -0.39 is 22.0 Å². The van der Waals surface area contributed by atoms with Crippen molar-refractivity contribution >= 4 is 15.8 Å². The van der Waals surface area contributed by atoms with Crippen LogP contribution in [0.4, 0.5) is 4.39 Å². The minimum Gasteiger partial charge on any atom is -0.479 e. The normalized spacial score (nSPS) is 24.4.